The summed E-state index contributed by atoms with van der Waals surface area (Å²) in [5, 5.41) is 7.75. The van der Waals surface area contributed by atoms with Crippen molar-refractivity contribution in [3.63, 3.8) is 0 Å². The smallest absolute Gasteiger partial charge is 0.0947 e. The van der Waals surface area contributed by atoms with E-state index in [1.54, 1.807) is 12.5 Å². The quantitative estimate of drug-likeness (QED) is 0.698. The first kappa shape index (κ1) is 12.7. The van der Waals surface area contributed by atoms with E-state index < -0.39 is 0 Å². The van der Waals surface area contributed by atoms with E-state index in [4.69, 9.17) is 4.42 Å². The highest BCUT2D eigenvalue weighted by Gasteiger charge is 2.01. The van der Waals surface area contributed by atoms with Gasteiger partial charge in [0.2, 0.25) is 0 Å². The molecule has 0 amide bonds. The second-order valence-electron chi connectivity index (χ2n) is 4.67. The third-order valence-electron chi connectivity index (χ3n) is 3.17. The molecule has 3 rings (SSSR count). The summed E-state index contributed by atoms with van der Waals surface area (Å²) in [6.45, 7) is 2.55. The van der Waals surface area contributed by atoms with E-state index in [-0.39, 0.29) is 0 Å². The predicted molar refractivity (Wildman–Crippen MR) is 78.1 cm³/mol. The molecule has 4 nitrogen and oxygen atoms in total. The van der Waals surface area contributed by atoms with E-state index in [9.17, 15) is 0 Å². The van der Waals surface area contributed by atoms with Gasteiger partial charge in [0.05, 0.1) is 25.3 Å². The molecule has 0 spiro atoms. The fourth-order valence-electron chi connectivity index (χ4n) is 2.09. The van der Waals surface area contributed by atoms with Gasteiger partial charge in [0, 0.05) is 30.4 Å². The Morgan fingerprint density at radius 3 is 2.80 bits per heavy atom. The second kappa shape index (κ2) is 6.21. The van der Waals surface area contributed by atoms with Crippen LogP contribution in [0.3, 0.4) is 0 Å². The van der Waals surface area contributed by atoms with E-state index in [0.29, 0.717) is 0 Å². The van der Waals surface area contributed by atoms with Crippen molar-refractivity contribution in [2.24, 2.45) is 0 Å². The molecule has 0 unspecified atom stereocenters. The number of rotatable bonds is 6. The van der Waals surface area contributed by atoms with Crippen LogP contribution in [-0.4, -0.2) is 16.3 Å². The van der Waals surface area contributed by atoms with E-state index in [1.165, 1.54) is 5.56 Å². The number of aromatic nitrogens is 2. The molecule has 0 aliphatic carbocycles. The number of hydrogen-bond acceptors (Lipinski definition) is 3. The molecule has 1 aromatic carbocycles. The summed E-state index contributed by atoms with van der Waals surface area (Å²) in [5.41, 5.74) is 3.51. The van der Waals surface area contributed by atoms with Crippen LogP contribution in [0.1, 0.15) is 5.56 Å². The molecule has 102 valence electrons. The monoisotopic (exact) mass is 267 g/mol. The van der Waals surface area contributed by atoms with Crippen molar-refractivity contribution in [2.75, 3.05) is 6.54 Å². The lowest BCUT2D eigenvalue weighted by molar-refractivity contribution is 0.543. The molecule has 0 saturated heterocycles. The predicted octanol–water partition coefficient (Wildman–Crippen LogP) is 2.93. The minimum absolute atomic E-state index is 0.823. The molecule has 1 N–H and O–H groups in total. The van der Waals surface area contributed by atoms with Gasteiger partial charge in [-0.1, -0.05) is 30.3 Å². The molecule has 0 aliphatic heterocycles. The third-order valence-corrected chi connectivity index (χ3v) is 3.17. The summed E-state index contributed by atoms with van der Waals surface area (Å²) < 4.78 is 6.99. The van der Waals surface area contributed by atoms with E-state index in [0.717, 1.165) is 30.8 Å². The van der Waals surface area contributed by atoms with Crippen molar-refractivity contribution in [1.29, 1.82) is 0 Å². The lowest BCUT2D eigenvalue weighted by Crippen LogP contribution is -2.19. The zero-order chi connectivity index (χ0) is 13.6. The maximum atomic E-state index is 5.02. The summed E-state index contributed by atoms with van der Waals surface area (Å²) in [5.74, 6) is 0. The molecule has 0 atom stereocenters. The number of benzene rings is 1. The van der Waals surface area contributed by atoms with Crippen LogP contribution in [0.15, 0.2) is 65.7 Å². The molecule has 4 heteroatoms. The van der Waals surface area contributed by atoms with Crippen LogP contribution in [0.4, 0.5) is 0 Å². The highest BCUT2D eigenvalue weighted by molar-refractivity contribution is 5.61. The first-order valence-corrected chi connectivity index (χ1v) is 6.71. The molecule has 0 fully saturated rings. The van der Waals surface area contributed by atoms with Crippen LogP contribution in [0, 0.1) is 0 Å². The van der Waals surface area contributed by atoms with Gasteiger partial charge in [0.25, 0.3) is 0 Å². The fourth-order valence-corrected chi connectivity index (χ4v) is 2.09. The van der Waals surface area contributed by atoms with Crippen LogP contribution in [-0.2, 0) is 13.1 Å². The van der Waals surface area contributed by atoms with E-state index >= 15 is 0 Å². The SMILES string of the molecule is c1ccc(-c2cnn(CCNCc3ccoc3)c2)cc1. The Labute approximate surface area is 118 Å². The Bertz CT molecular complexity index is 629. The van der Waals surface area contributed by atoms with Crippen molar-refractivity contribution < 1.29 is 4.42 Å². The molecule has 0 bridgehead atoms. The van der Waals surface area contributed by atoms with Crippen molar-refractivity contribution in [1.82, 2.24) is 15.1 Å². The molecule has 3 aromatic rings. The van der Waals surface area contributed by atoms with Crippen LogP contribution in [0.2, 0.25) is 0 Å². The zero-order valence-corrected chi connectivity index (χ0v) is 11.2. The van der Waals surface area contributed by atoms with Crippen molar-refractivity contribution in [3.8, 4) is 11.1 Å². The Morgan fingerprint density at radius 1 is 1.10 bits per heavy atom. The maximum Gasteiger partial charge on any atom is 0.0947 e. The minimum Gasteiger partial charge on any atom is -0.472 e. The van der Waals surface area contributed by atoms with E-state index in [2.05, 4.69) is 28.7 Å². The highest BCUT2D eigenvalue weighted by Crippen LogP contribution is 2.17. The first-order valence-electron chi connectivity index (χ1n) is 6.71. The van der Waals surface area contributed by atoms with Crippen LogP contribution >= 0.6 is 0 Å². The summed E-state index contributed by atoms with van der Waals surface area (Å²) >= 11 is 0. The largest absolute Gasteiger partial charge is 0.472 e. The lowest BCUT2D eigenvalue weighted by Gasteiger charge is -2.03. The van der Waals surface area contributed by atoms with Crippen LogP contribution in [0.5, 0.6) is 0 Å². The average Bonchev–Trinajstić information content (AvgIpc) is 3.16. The minimum atomic E-state index is 0.823. The number of hydrogen-bond donors (Lipinski definition) is 1. The van der Waals surface area contributed by atoms with Gasteiger partial charge in [0.1, 0.15) is 0 Å². The molecule has 0 radical (unpaired) electrons. The van der Waals surface area contributed by atoms with Gasteiger partial charge >= 0.3 is 0 Å². The van der Waals surface area contributed by atoms with Gasteiger partial charge in [-0.3, -0.25) is 4.68 Å². The number of nitrogens with zero attached hydrogens (tertiary/aromatic N) is 2. The molecule has 20 heavy (non-hydrogen) atoms. The van der Waals surface area contributed by atoms with Gasteiger partial charge in [0.15, 0.2) is 0 Å². The van der Waals surface area contributed by atoms with Gasteiger partial charge in [-0.25, -0.2) is 0 Å². The Kier molecular flexibility index (Phi) is 3.94. The topological polar surface area (TPSA) is 43.0 Å². The van der Waals surface area contributed by atoms with E-state index in [1.807, 2.05) is 35.1 Å². The Hall–Kier alpha value is -2.33. The second-order valence-corrected chi connectivity index (χ2v) is 4.67. The standard InChI is InChI=1S/C16H17N3O/c1-2-4-15(5-3-1)16-11-18-19(12-16)8-7-17-10-14-6-9-20-13-14/h1-6,9,11-13,17H,7-8,10H2. The summed E-state index contributed by atoms with van der Waals surface area (Å²) in [6, 6.07) is 12.3. The maximum absolute atomic E-state index is 5.02. The third kappa shape index (κ3) is 3.16. The molecule has 2 heterocycles. The lowest BCUT2D eigenvalue weighted by atomic mass is 10.1. The normalized spacial score (nSPS) is 10.8. The van der Waals surface area contributed by atoms with Crippen molar-refractivity contribution in [2.45, 2.75) is 13.1 Å². The summed E-state index contributed by atoms with van der Waals surface area (Å²) in [6.07, 6.45) is 7.44. The van der Waals surface area contributed by atoms with Crippen molar-refractivity contribution >= 4 is 0 Å². The number of furan rings is 1. The van der Waals surface area contributed by atoms with Gasteiger partial charge in [-0.05, 0) is 11.6 Å². The first-order chi connectivity index (χ1) is 9.92. The van der Waals surface area contributed by atoms with Crippen molar-refractivity contribution in [3.05, 3.63) is 66.9 Å². The van der Waals surface area contributed by atoms with Gasteiger partial charge in [-0.15, -0.1) is 0 Å². The summed E-state index contributed by atoms with van der Waals surface area (Å²) in [7, 11) is 0. The molecular formula is C16H17N3O. The van der Waals surface area contributed by atoms with Gasteiger partial charge in [-0.2, -0.15) is 5.10 Å². The van der Waals surface area contributed by atoms with Crippen LogP contribution < -0.4 is 5.32 Å². The van der Waals surface area contributed by atoms with Gasteiger partial charge < -0.3 is 9.73 Å². The number of nitrogens with one attached hydrogen (secondary N) is 1. The molecule has 0 saturated carbocycles. The average molecular weight is 267 g/mol. The molecule has 0 aliphatic rings. The Balaban J connectivity index is 1.50. The fraction of sp³-hybridized carbons (Fsp3) is 0.188. The Morgan fingerprint density at radius 2 is 2.00 bits per heavy atom. The summed E-state index contributed by atoms with van der Waals surface area (Å²) in [4.78, 5) is 0. The highest BCUT2D eigenvalue weighted by atomic mass is 16.3. The molecule has 2 aromatic heterocycles. The van der Waals surface area contributed by atoms with Crippen LogP contribution in [0.25, 0.3) is 11.1 Å². The zero-order valence-electron chi connectivity index (χ0n) is 11.2. The molecular weight excluding hydrogens is 250 g/mol.